The Bertz CT molecular complexity index is 935. The highest BCUT2D eigenvalue weighted by Gasteiger charge is 2.14. The van der Waals surface area contributed by atoms with Gasteiger partial charge in [-0.2, -0.15) is 0 Å². The van der Waals surface area contributed by atoms with Crippen LogP contribution in [0, 0.1) is 0 Å². The van der Waals surface area contributed by atoms with Gasteiger partial charge in [0, 0.05) is 16.2 Å². The van der Waals surface area contributed by atoms with Crippen LogP contribution in [-0.4, -0.2) is 10.2 Å². The summed E-state index contributed by atoms with van der Waals surface area (Å²) in [5.74, 6) is 0.326. The number of hydrogen-bond donors (Lipinski definition) is 2. The first-order valence-corrected chi connectivity index (χ1v) is 6.00. The molecular formula is C16H10O3. The first-order chi connectivity index (χ1) is 9.24. The van der Waals surface area contributed by atoms with E-state index in [2.05, 4.69) is 0 Å². The van der Waals surface area contributed by atoms with Crippen LogP contribution >= 0.6 is 0 Å². The van der Waals surface area contributed by atoms with E-state index in [0.717, 1.165) is 21.5 Å². The van der Waals surface area contributed by atoms with E-state index < -0.39 is 0 Å². The molecule has 0 bridgehead atoms. The second-order valence-corrected chi connectivity index (χ2v) is 4.61. The highest BCUT2D eigenvalue weighted by Crippen LogP contribution is 2.40. The maximum atomic E-state index is 10.3. The average molecular weight is 250 g/mol. The van der Waals surface area contributed by atoms with Crippen LogP contribution in [0.15, 0.2) is 52.9 Å². The van der Waals surface area contributed by atoms with Crippen LogP contribution in [0.1, 0.15) is 0 Å². The summed E-state index contributed by atoms with van der Waals surface area (Å²) in [4.78, 5) is 0. The molecule has 1 aromatic heterocycles. The fourth-order valence-electron chi connectivity index (χ4n) is 2.54. The zero-order chi connectivity index (χ0) is 13.0. The van der Waals surface area contributed by atoms with Crippen molar-refractivity contribution < 1.29 is 14.6 Å². The maximum absolute atomic E-state index is 10.3. The molecule has 0 aliphatic heterocycles. The second kappa shape index (κ2) is 3.42. The summed E-state index contributed by atoms with van der Waals surface area (Å²) < 4.78 is 5.69. The van der Waals surface area contributed by atoms with E-state index in [9.17, 15) is 10.2 Å². The Hall–Kier alpha value is -2.68. The monoisotopic (exact) mass is 250 g/mol. The molecule has 0 atom stereocenters. The fourth-order valence-corrected chi connectivity index (χ4v) is 2.54. The molecule has 0 aliphatic carbocycles. The molecule has 0 aliphatic rings. The Morgan fingerprint density at radius 1 is 0.789 bits per heavy atom. The third-order valence-corrected chi connectivity index (χ3v) is 3.44. The molecule has 92 valence electrons. The lowest BCUT2D eigenvalue weighted by atomic mass is 10.1. The zero-order valence-electron chi connectivity index (χ0n) is 9.92. The molecule has 0 saturated carbocycles. The summed E-state index contributed by atoms with van der Waals surface area (Å²) >= 11 is 0. The van der Waals surface area contributed by atoms with Gasteiger partial charge < -0.3 is 14.6 Å². The lowest BCUT2D eigenvalue weighted by Crippen LogP contribution is -1.75. The smallest absolute Gasteiger partial charge is 0.177 e. The SMILES string of the molecule is Oc1ccc2oc3c(O)c4ccccc4cc3c2c1. The van der Waals surface area contributed by atoms with E-state index in [4.69, 9.17) is 4.42 Å². The normalized spacial score (nSPS) is 11.6. The van der Waals surface area contributed by atoms with Gasteiger partial charge in [0.15, 0.2) is 11.3 Å². The van der Waals surface area contributed by atoms with Gasteiger partial charge in [-0.25, -0.2) is 0 Å². The summed E-state index contributed by atoms with van der Waals surface area (Å²) in [6, 6.07) is 14.5. The Morgan fingerprint density at radius 3 is 2.53 bits per heavy atom. The lowest BCUT2D eigenvalue weighted by Gasteiger charge is -2.01. The molecule has 0 unspecified atom stereocenters. The van der Waals surface area contributed by atoms with Crippen molar-refractivity contribution in [3.8, 4) is 11.5 Å². The Balaban J connectivity index is 2.30. The highest BCUT2D eigenvalue weighted by atomic mass is 16.4. The number of phenolic OH excluding ortho intramolecular Hbond substituents is 2. The maximum Gasteiger partial charge on any atom is 0.177 e. The van der Waals surface area contributed by atoms with Crippen LogP contribution in [0.4, 0.5) is 0 Å². The van der Waals surface area contributed by atoms with Crippen molar-refractivity contribution in [3.05, 3.63) is 48.5 Å². The van der Waals surface area contributed by atoms with E-state index in [1.165, 1.54) is 0 Å². The molecule has 0 fully saturated rings. The van der Waals surface area contributed by atoms with Gasteiger partial charge in [0.25, 0.3) is 0 Å². The number of aromatic hydroxyl groups is 2. The van der Waals surface area contributed by atoms with Gasteiger partial charge in [0.2, 0.25) is 0 Å². The van der Waals surface area contributed by atoms with Gasteiger partial charge in [-0.3, -0.25) is 0 Å². The molecule has 0 spiro atoms. The Kier molecular flexibility index (Phi) is 1.85. The van der Waals surface area contributed by atoms with Gasteiger partial charge in [0.05, 0.1) is 0 Å². The quantitative estimate of drug-likeness (QED) is 0.493. The molecule has 3 heteroatoms. The number of hydrogen-bond acceptors (Lipinski definition) is 3. The van der Waals surface area contributed by atoms with Gasteiger partial charge in [-0.15, -0.1) is 0 Å². The number of fused-ring (bicyclic) bond motifs is 4. The summed E-state index contributed by atoms with van der Waals surface area (Å²) in [5.41, 5.74) is 1.11. The molecule has 1 heterocycles. The van der Waals surface area contributed by atoms with Crippen molar-refractivity contribution in [2.24, 2.45) is 0 Å². The van der Waals surface area contributed by atoms with E-state index in [0.29, 0.717) is 11.2 Å². The number of phenols is 2. The molecule has 2 N–H and O–H groups in total. The topological polar surface area (TPSA) is 53.6 Å². The van der Waals surface area contributed by atoms with Crippen molar-refractivity contribution in [2.45, 2.75) is 0 Å². The number of benzene rings is 3. The lowest BCUT2D eigenvalue weighted by molar-refractivity contribution is 0.474. The minimum absolute atomic E-state index is 0.142. The largest absolute Gasteiger partial charge is 0.508 e. The van der Waals surface area contributed by atoms with Crippen LogP contribution in [-0.2, 0) is 0 Å². The molecule has 3 aromatic carbocycles. The molecule has 0 amide bonds. The summed E-state index contributed by atoms with van der Waals surface area (Å²) in [7, 11) is 0. The fraction of sp³-hybridized carbons (Fsp3) is 0. The highest BCUT2D eigenvalue weighted by molar-refractivity contribution is 6.13. The first-order valence-electron chi connectivity index (χ1n) is 6.00. The van der Waals surface area contributed by atoms with Crippen LogP contribution in [0.2, 0.25) is 0 Å². The molecule has 0 radical (unpaired) electrons. The predicted octanol–water partition coefficient (Wildman–Crippen LogP) is 4.15. The predicted molar refractivity (Wildman–Crippen MR) is 74.6 cm³/mol. The minimum atomic E-state index is 0.142. The van der Waals surface area contributed by atoms with E-state index >= 15 is 0 Å². The minimum Gasteiger partial charge on any atom is -0.508 e. The van der Waals surface area contributed by atoms with E-state index in [-0.39, 0.29) is 11.5 Å². The van der Waals surface area contributed by atoms with Crippen LogP contribution in [0.3, 0.4) is 0 Å². The van der Waals surface area contributed by atoms with Crippen molar-refractivity contribution in [2.75, 3.05) is 0 Å². The van der Waals surface area contributed by atoms with Crippen molar-refractivity contribution >= 4 is 32.7 Å². The molecule has 19 heavy (non-hydrogen) atoms. The Labute approximate surface area is 108 Å². The van der Waals surface area contributed by atoms with Gasteiger partial charge in [-0.1, -0.05) is 24.3 Å². The summed E-state index contributed by atoms with van der Waals surface area (Å²) in [5, 5.41) is 23.2. The molecule has 4 aromatic rings. The molecule has 0 saturated heterocycles. The number of rotatable bonds is 0. The zero-order valence-corrected chi connectivity index (χ0v) is 9.92. The van der Waals surface area contributed by atoms with Gasteiger partial charge in [-0.05, 0) is 29.7 Å². The standard InChI is InChI=1S/C16H10O3/c17-10-5-6-14-12(8-10)13-7-9-3-1-2-4-11(9)15(18)16(13)19-14/h1-8,17-18H. The van der Waals surface area contributed by atoms with Crippen LogP contribution in [0.5, 0.6) is 11.5 Å². The van der Waals surface area contributed by atoms with Gasteiger partial charge in [0.1, 0.15) is 11.3 Å². The van der Waals surface area contributed by atoms with Crippen LogP contribution < -0.4 is 0 Å². The van der Waals surface area contributed by atoms with E-state index in [1.54, 1.807) is 18.2 Å². The molecule has 3 nitrogen and oxygen atoms in total. The third kappa shape index (κ3) is 1.32. The Morgan fingerprint density at radius 2 is 1.63 bits per heavy atom. The van der Waals surface area contributed by atoms with Gasteiger partial charge >= 0.3 is 0 Å². The number of furan rings is 1. The molecular weight excluding hydrogens is 240 g/mol. The van der Waals surface area contributed by atoms with Crippen molar-refractivity contribution in [1.82, 2.24) is 0 Å². The van der Waals surface area contributed by atoms with E-state index in [1.807, 2.05) is 30.3 Å². The van der Waals surface area contributed by atoms with Crippen LogP contribution in [0.25, 0.3) is 32.7 Å². The van der Waals surface area contributed by atoms with Crippen molar-refractivity contribution in [3.63, 3.8) is 0 Å². The third-order valence-electron chi connectivity index (χ3n) is 3.44. The second-order valence-electron chi connectivity index (χ2n) is 4.61. The van der Waals surface area contributed by atoms with Crippen molar-refractivity contribution in [1.29, 1.82) is 0 Å². The molecule has 4 rings (SSSR count). The summed E-state index contributed by atoms with van der Waals surface area (Å²) in [6.07, 6.45) is 0. The average Bonchev–Trinajstić information content (AvgIpc) is 2.78. The first kappa shape index (κ1) is 10.3. The summed E-state index contributed by atoms with van der Waals surface area (Å²) in [6.45, 7) is 0.